The van der Waals surface area contributed by atoms with Gasteiger partial charge in [-0.1, -0.05) is 0 Å². The fourth-order valence-electron chi connectivity index (χ4n) is 1.08. The normalized spacial score (nSPS) is 10.3. The Morgan fingerprint density at radius 3 is 2.92 bits per heavy atom. The molecule has 0 amide bonds. The van der Waals surface area contributed by atoms with Crippen LogP contribution in [0.4, 0.5) is 0 Å². The van der Waals surface area contributed by atoms with Gasteiger partial charge in [-0.3, -0.25) is 4.79 Å². The highest BCUT2D eigenvalue weighted by molar-refractivity contribution is 7.80. The van der Waals surface area contributed by atoms with Crippen molar-refractivity contribution in [1.29, 1.82) is 0 Å². The van der Waals surface area contributed by atoms with Crippen molar-refractivity contribution < 1.29 is 0 Å². The summed E-state index contributed by atoms with van der Waals surface area (Å²) in [5.41, 5.74) is 0.857. The third-order valence-corrected chi connectivity index (χ3v) is 2.09. The Morgan fingerprint density at radius 2 is 2.23 bits per heavy atom. The van der Waals surface area contributed by atoms with Gasteiger partial charge in [0, 0.05) is 12.6 Å². The summed E-state index contributed by atoms with van der Waals surface area (Å²) >= 11 is 4.11. The molecule has 1 aromatic heterocycles. The standard InChI is InChI=1S/C9H14N2OS/c1-8-4-5-9(12)11(10-8)6-2-3-7-13/h4-5,13H,2-3,6-7H2,1H3. The maximum Gasteiger partial charge on any atom is 0.266 e. The van der Waals surface area contributed by atoms with E-state index in [-0.39, 0.29) is 5.56 Å². The molecule has 0 unspecified atom stereocenters. The third kappa shape index (κ3) is 3.22. The van der Waals surface area contributed by atoms with Crippen molar-refractivity contribution in [3.8, 4) is 0 Å². The molecular weight excluding hydrogens is 184 g/mol. The van der Waals surface area contributed by atoms with Gasteiger partial charge in [0.2, 0.25) is 0 Å². The molecule has 1 aromatic rings. The fraction of sp³-hybridized carbons (Fsp3) is 0.556. The van der Waals surface area contributed by atoms with Gasteiger partial charge in [-0.2, -0.15) is 17.7 Å². The van der Waals surface area contributed by atoms with Crippen molar-refractivity contribution >= 4 is 12.6 Å². The maximum absolute atomic E-state index is 11.2. The SMILES string of the molecule is Cc1ccc(=O)n(CCCCS)n1. The number of nitrogens with zero attached hydrogens (tertiary/aromatic N) is 2. The summed E-state index contributed by atoms with van der Waals surface area (Å²) in [5, 5.41) is 4.12. The summed E-state index contributed by atoms with van der Waals surface area (Å²) in [6.07, 6.45) is 1.98. The Kier molecular flexibility index (Phi) is 4.02. The average Bonchev–Trinajstić information content (AvgIpc) is 2.11. The molecule has 0 saturated carbocycles. The average molecular weight is 198 g/mol. The molecule has 0 aliphatic heterocycles. The van der Waals surface area contributed by atoms with E-state index in [1.54, 1.807) is 12.1 Å². The molecule has 1 heterocycles. The largest absolute Gasteiger partial charge is 0.268 e. The van der Waals surface area contributed by atoms with Gasteiger partial charge in [0.05, 0.1) is 5.69 Å². The topological polar surface area (TPSA) is 34.9 Å². The lowest BCUT2D eigenvalue weighted by atomic mass is 10.3. The predicted octanol–water partition coefficient (Wildman–Crippen LogP) is 1.26. The summed E-state index contributed by atoms with van der Waals surface area (Å²) in [7, 11) is 0. The maximum atomic E-state index is 11.2. The predicted molar refractivity (Wildman–Crippen MR) is 56.3 cm³/mol. The molecule has 0 atom stereocenters. The number of aryl methyl sites for hydroxylation is 2. The second-order valence-electron chi connectivity index (χ2n) is 2.97. The number of rotatable bonds is 4. The Hall–Kier alpha value is -0.770. The Balaban J connectivity index is 2.65. The van der Waals surface area contributed by atoms with Crippen LogP contribution in [0.2, 0.25) is 0 Å². The molecule has 0 aliphatic rings. The van der Waals surface area contributed by atoms with Crippen LogP contribution in [0.5, 0.6) is 0 Å². The highest BCUT2D eigenvalue weighted by atomic mass is 32.1. The lowest BCUT2D eigenvalue weighted by Crippen LogP contribution is -2.22. The molecule has 0 bridgehead atoms. The van der Waals surface area contributed by atoms with E-state index in [1.807, 2.05) is 6.92 Å². The first-order valence-corrected chi connectivity index (χ1v) is 5.03. The van der Waals surface area contributed by atoms with Crippen LogP contribution in [-0.4, -0.2) is 15.5 Å². The highest BCUT2D eigenvalue weighted by Gasteiger charge is 1.96. The molecule has 4 heteroatoms. The number of aromatic nitrogens is 2. The van der Waals surface area contributed by atoms with Gasteiger partial charge in [0.25, 0.3) is 5.56 Å². The molecule has 0 fully saturated rings. The van der Waals surface area contributed by atoms with E-state index in [1.165, 1.54) is 4.68 Å². The zero-order chi connectivity index (χ0) is 9.68. The highest BCUT2D eigenvalue weighted by Crippen LogP contribution is 1.94. The van der Waals surface area contributed by atoms with E-state index in [4.69, 9.17) is 0 Å². The number of hydrogen-bond donors (Lipinski definition) is 1. The first kappa shape index (κ1) is 10.3. The molecule has 13 heavy (non-hydrogen) atoms. The summed E-state index contributed by atoms with van der Waals surface area (Å²) in [4.78, 5) is 11.2. The first-order chi connectivity index (χ1) is 6.24. The van der Waals surface area contributed by atoms with Crippen molar-refractivity contribution in [3.63, 3.8) is 0 Å². The molecule has 0 aromatic carbocycles. The molecule has 0 radical (unpaired) electrons. The Bertz CT molecular complexity index is 322. The minimum atomic E-state index is -0.0234. The van der Waals surface area contributed by atoms with E-state index in [2.05, 4.69) is 17.7 Å². The molecule has 0 aliphatic carbocycles. The van der Waals surface area contributed by atoms with Gasteiger partial charge >= 0.3 is 0 Å². The number of hydrogen-bond acceptors (Lipinski definition) is 3. The minimum absolute atomic E-state index is 0.0234. The number of thiol groups is 1. The van der Waals surface area contributed by atoms with Crippen LogP contribution in [0.1, 0.15) is 18.5 Å². The number of unbranched alkanes of at least 4 members (excludes halogenated alkanes) is 1. The molecule has 0 saturated heterocycles. The molecule has 0 N–H and O–H groups in total. The van der Waals surface area contributed by atoms with Gasteiger partial charge in [0.15, 0.2) is 0 Å². The fourth-order valence-corrected chi connectivity index (χ4v) is 1.31. The van der Waals surface area contributed by atoms with Gasteiger partial charge in [-0.25, -0.2) is 4.68 Å². The molecular formula is C9H14N2OS. The van der Waals surface area contributed by atoms with Crippen molar-refractivity contribution in [2.24, 2.45) is 0 Å². The minimum Gasteiger partial charge on any atom is -0.268 e. The van der Waals surface area contributed by atoms with E-state index < -0.39 is 0 Å². The van der Waals surface area contributed by atoms with Crippen molar-refractivity contribution in [2.75, 3.05) is 5.75 Å². The molecule has 0 spiro atoms. The van der Waals surface area contributed by atoms with E-state index >= 15 is 0 Å². The Labute approximate surface area is 83.2 Å². The monoisotopic (exact) mass is 198 g/mol. The third-order valence-electron chi connectivity index (χ3n) is 1.78. The second-order valence-corrected chi connectivity index (χ2v) is 3.41. The Morgan fingerprint density at radius 1 is 1.46 bits per heavy atom. The first-order valence-electron chi connectivity index (χ1n) is 4.39. The van der Waals surface area contributed by atoms with Gasteiger partial charge in [0.1, 0.15) is 0 Å². The zero-order valence-electron chi connectivity index (χ0n) is 7.73. The van der Waals surface area contributed by atoms with Crippen molar-refractivity contribution in [2.45, 2.75) is 26.3 Å². The van der Waals surface area contributed by atoms with Gasteiger partial charge < -0.3 is 0 Å². The summed E-state index contributed by atoms with van der Waals surface area (Å²) in [6.45, 7) is 2.58. The van der Waals surface area contributed by atoms with E-state index in [9.17, 15) is 4.79 Å². The quantitative estimate of drug-likeness (QED) is 0.584. The molecule has 72 valence electrons. The van der Waals surface area contributed by atoms with Crippen LogP contribution in [0.15, 0.2) is 16.9 Å². The van der Waals surface area contributed by atoms with Crippen LogP contribution in [0.25, 0.3) is 0 Å². The molecule has 1 rings (SSSR count). The second kappa shape index (κ2) is 5.07. The summed E-state index contributed by atoms with van der Waals surface area (Å²) in [6, 6.07) is 3.29. The van der Waals surface area contributed by atoms with Crippen molar-refractivity contribution in [3.05, 3.63) is 28.2 Å². The van der Waals surface area contributed by atoms with Crippen LogP contribution in [-0.2, 0) is 6.54 Å². The van der Waals surface area contributed by atoms with Crippen molar-refractivity contribution in [1.82, 2.24) is 9.78 Å². The van der Waals surface area contributed by atoms with Crippen LogP contribution < -0.4 is 5.56 Å². The van der Waals surface area contributed by atoms with Crippen LogP contribution >= 0.6 is 12.6 Å². The smallest absolute Gasteiger partial charge is 0.266 e. The van der Waals surface area contributed by atoms with E-state index in [0.717, 1.165) is 24.3 Å². The van der Waals surface area contributed by atoms with E-state index in [0.29, 0.717) is 6.54 Å². The van der Waals surface area contributed by atoms with Crippen LogP contribution in [0, 0.1) is 6.92 Å². The lowest BCUT2D eigenvalue weighted by Gasteiger charge is -2.03. The van der Waals surface area contributed by atoms with Gasteiger partial charge in [-0.05, 0) is 31.6 Å². The zero-order valence-corrected chi connectivity index (χ0v) is 8.63. The summed E-state index contributed by atoms with van der Waals surface area (Å²) < 4.78 is 1.51. The molecule has 3 nitrogen and oxygen atoms in total. The van der Waals surface area contributed by atoms with Crippen LogP contribution in [0.3, 0.4) is 0 Å². The summed E-state index contributed by atoms with van der Waals surface area (Å²) in [5.74, 6) is 0.862. The van der Waals surface area contributed by atoms with Gasteiger partial charge in [-0.15, -0.1) is 0 Å². The lowest BCUT2D eigenvalue weighted by molar-refractivity contribution is 0.539.